The molecule has 0 aliphatic carbocycles. The van der Waals surface area contributed by atoms with Crippen LogP contribution in [0.3, 0.4) is 0 Å². The Bertz CT molecular complexity index is 65.3. The lowest BCUT2D eigenvalue weighted by atomic mass is 10.4. The van der Waals surface area contributed by atoms with Gasteiger partial charge in [-0.1, -0.05) is 0 Å². The summed E-state index contributed by atoms with van der Waals surface area (Å²) >= 11 is 0. The number of hydrogen-bond acceptors (Lipinski definition) is 3. The average molecular weight is 220 g/mol. The Hall–Kier alpha value is -0.120. The summed E-state index contributed by atoms with van der Waals surface area (Å²) in [5, 5.41) is 0. The number of ether oxygens (including phenoxy) is 3. The van der Waals surface area contributed by atoms with Crippen LogP contribution in [0.5, 0.6) is 0 Å². The summed E-state index contributed by atoms with van der Waals surface area (Å²) in [6, 6.07) is 0. The number of hydrogen-bond donors (Lipinski definition) is 0. The zero-order valence-electron chi connectivity index (χ0n) is 10.9. The highest BCUT2D eigenvalue weighted by atomic mass is 16.5. The van der Waals surface area contributed by atoms with Crippen LogP contribution in [0.1, 0.15) is 40.5 Å². The third-order valence-corrected chi connectivity index (χ3v) is 1.64. The molecule has 1 heterocycles. The lowest BCUT2D eigenvalue weighted by Crippen LogP contribution is -1.84. The molecule has 3 heteroatoms. The lowest BCUT2D eigenvalue weighted by Gasteiger charge is -1.86. The van der Waals surface area contributed by atoms with Crippen LogP contribution in [0.25, 0.3) is 0 Å². The van der Waals surface area contributed by atoms with Gasteiger partial charge in [0.2, 0.25) is 0 Å². The summed E-state index contributed by atoms with van der Waals surface area (Å²) in [6.45, 7) is 13.3. The predicted octanol–water partition coefficient (Wildman–Crippen LogP) is 2.88. The largest absolute Gasteiger partial charge is 0.382 e. The van der Waals surface area contributed by atoms with Gasteiger partial charge < -0.3 is 14.2 Å². The molecule has 0 aromatic rings. The maximum Gasteiger partial charge on any atom is 0.0466 e. The van der Waals surface area contributed by atoms with Gasteiger partial charge in [-0.2, -0.15) is 0 Å². The van der Waals surface area contributed by atoms with Gasteiger partial charge in [0.1, 0.15) is 0 Å². The van der Waals surface area contributed by atoms with Gasteiger partial charge in [0.05, 0.1) is 0 Å². The molecule has 0 N–H and O–H groups in total. The second-order valence-corrected chi connectivity index (χ2v) is 2.88. The van der Waals surface area contributed by atoms with Crippen molar-refractivity contribution in [2.24, 2.45) is 0 Å². The Labute approximate surface area is 95.1 Å². The molecule has 0 aromatic carbocycles. The molecule has 0 aromatic heterocycles. The van der Waals surface area contributed by atoms with Crippen LogP contribution in [0.2, 0.25) is 0 Å². The predicted molar refractivity (Wildman–Crippen MR) is 64.4 cm³/mol. The fourth-order valence-electron chi connectivity index (χ4n) is 0.919. The normalized spacial score (nSPS) is 13.6. The van der Waals surface area contributed by atoms with Crippen LogP contribution in [0, 0.1) is 0 Å². The molecule has 94 valence electrons. The molecule has 0 unspecified atom stereocenters. The summed E-state index contributed by atoms with van der Waals surface area (Å²) in [5.41, 5.74) is 0. The molecule has 1 aliphatic heterocycles. The zero-order valence-corrected chi connectivity index (χ0v) is 10.9. The van der Waals surface area contributed by atoms with E-state index in [1.807, 2.05) is 27.7 Å². The van der Waals surface area contributed by atoms with E-state index in [4.69, 9.17) is 14.2 Å². The van der Waals surface area contributed by atoms with E-state index in [1.54, 1.807) is 0 Å². The smallest absolute Gasteiger partial charge is 0.0466 e. The first-order valence-corrected chi connectivity index (χ1v) is 6.06. The molecule has 1 aliphatic rings. The van der Waals surface area contributed by atoms with Gasteiger partial charge in [-0.15, -0.1) is 0 Å². The number of rotatable bonds is 4. The SMILES string of the molecule is C1CCOC1.CCOCC.CCOCC. The van der Waals surface area contributed by atoms with Crippen molar-refractivity contribution in [3.8, 4) is 0 Å². The summed E-state index contributed by atoms with van der Waals surface area (Å²) < 4.78 is 14.6. The van der Waals surface area contributed by atoms with Crippen molar-refractivity contribution in [3.05, 3.63) is 0 Å². The molecule has 3 nitrogen and oxygen atoms in total. The van der Waals surface area contributed by atoms with E-state index in [9.17, 15) is 0 Å². The second kappa shape index (κ2) is 19.5. The standard InChI is InChI=1S/C4H8O.2C4H10O/c1-2-4-5-3-1;2*1-3-5-4-2/h1-4H2;2*3-4H2,1-2H3. The molecule has 0 atom stereocenters. The molecule has 1 rings (SSSR count). The molecule has 0 radical (unpaired) electrons. The highest BCUT2D eigenvalue weighted by Crippen LogP contribution is 1.98. The Kier molecular flexibility index (Phi) is 22.4. The van der Waals surface area contributed by atoms with Crippen molar-refractivity contribution in [3.63, 3.8) is 0 Å². The van der Waals surface area contributed by atoms with E-state index >= 15 is 0 Å². The van der Waals surface area contributed by atoms with Gasteiger partial charge in [-0.05, 0) is 40.5 Å². The van der Waals surface area contributed by atoms with E-state index in [1.165, 1.54) is 12.8 Å². The van der Waals surface area contributed by atoms with Gasteiger partial charge in [-0.25, -0.2) is 0 Å². The quantitative estimate of drug-likeness (QED) is 0.729. The van der Waals surface area contributed by atoms with Crippen LogP contribution < -0.4 is 0 Å². The Balaban J connectivity index is 0. The first kappa shape index (κ1) is 17.3. The monoisotopic (exact) mass is 220 g/mol. The van der Waals surface area contributed by atoms with Gasteiger partial charge in [0.15, 0.2) is 0 Å². The third kappa shape index (κ3) is 24.8. The van der Waals surface area contributed by atoms with Crippen molar-refractivity contribution >= 4 is 0 Å². The van der Waals surface area contributed by atoms with Crippen LogP contribution in [0.4, 0.5) is 0 Å². The van der Waals surface area contributed by atoms with Crippen LogP contribution >= 0.6 is 0 Å². The molecule has 0 spiro atoms. The molecular formula is C12H28O3. The second-order valence-electron chi connectivity index (χ2n) is 2.88. The highest BCUT2D eigenvalue weighted by molar-refractivity contribution is 4.43. The summed E-state index contributed by atoms with van der Waals surface area (Å²) in [5.74, 6) is 0. The van der Waals surface area contributed by atoms with E-state index < -0.39 is 0 Å². The Morgan fingerprint density at radius 1 is 0.733 bits per heavy atom. The minimum Gasteiger partial charge on any atom is -0.382 e. The van der Waals surface area contributed by atoms with Crippen molar-refractivity contribution in [1.82, 2.24) is 0 Å². The van der Waals surface area contributed by atoms with Crippen molar-refractivity contribution in [1.29, 1.82) is 0 Å². The van der Waals surface area contributed by atoms with Gasteiger partial charge >= 0.3 is 0 Å². The summed E-state index contributed by atoms with van der Waals surface area (Å²) in [7, 11) is 0. The average Bonchev–Trinajstić information content (AvgIpc) is 2.79. The minimum atomic E-state index is 0.844. The maximum atomic E-state index is 4.94. The summed E-state index contributed by atoms with van der Waals surface area (Å²) in [4.78, 5) is 0. The third-order valence-electron chi connectivity index (χ3n) is 1.64. The molecule has 15 heavy (non-hydrogen) atoms. The Morgan fingerprint density at radius 2 is 1.07 bits per heavy atom. The van der Waals surface area contributed by atoms with E-state index in [2.05, 4.69) is 0 Å². The lowest BCUT2D eigenvalue weighted by molar-refractivity contribution is 0.162. The van der Waals surface area contributed by atoms with Crippen LogP contribution in [0.15, 0.2) is 0 Å². The fourth-order valence-corrected chi connectivity index (χ4v) is 0.919. The van der Waals surface area contributed by atoms with Crippen molar-refractivity contribution in [2.45, 2.75) is 40.5 Å². The van der Waals surface area contributed by atoms with Crippen molar-refractivity contribution < 1.29 is 14.2 Å². The van der Waals surface area contributed by atoms with Gasteiger partial charge in [0.25, 0.3) is 0 Å². The Morgan fingerprint density at radius 3 is 1.13 bits per heavy atom. The topological polar surface area (TPSA) is 27.7 Å². The van der Waals surface area contributed by atoms with E-state index in [-0.39, 0.29) is 0 Å². The molecule has 0 saturated carbocycles. The zero-order chi connectivity index (χ0) is 11.8. The maximum absolute atomic E-state index is 4.94. The van der Waals surface area contributed by atoms with Gasteiger partial charge in [-0.3, -0.25) is 0 Å². The van der Waals surface area contributed by atoms with Crippen LogP contribution in [-0.2, 0) is 14.2 Å². The fraction of sp³-hybridized carbons (Fsp3) is 1.00. The summed E-state index contributed by atoms with van der Waals surface area (Å²) in [6.07, 6.45) is 2.56. The van der Waals surface area contributed by atoms with E-state index in [0.29, 0.717) is 0 Å². The molecule has 1 fully saturated rings. The van der Waals surface area contributed by atoms with Crippen molar-refractivity contribution in [2.75, 3.05) is 39.6 Å². The first-order valence-electron chi connectivity index (χ1n) is 6.06. The van der Waals surface area contributed by atoms with E-state index in [0.717, 1.165) is 39.6 Å². The molecule has 1 saturated heterocycles. The van der Waals surface area contributed by atoms with Gasteiger partial charge in [0, 0.05) is 39.6 Å². The van der Waals surface area contributed by atoms with Crippen LogP contribution in [-0.4, -0.2) is 39.6 Å². The highest BCUT2D eigenvalue weighted by Gasteiger charge is 1.94. The first-order chi connectivity index (χ1) is 7.33. The molecular weight excluding hydrogens is 192 g/mol. The molecule has 0 bridgehead atoms. The minimum absolute atomic E-state index is 0.844. The molecule has 0 amide bonds.